The van der Waals surface area contributed by atoms with Crippen LogP contribution in [0.2, 0.25) is 11.6 Å². The summed E-state index contributed by atoms with van der Waals surface area (Å²) in [7, 11) is -1.37. The smallest absolute Gasteiger partial charge is 0.204 e. The van der Waals surface area contributed by atoms with E-state index in [1.54, 1.807) is 0 Å². The number of nitrogens with one attached hydrogen (secondary N) is 2. The first-order valence-corrected chi connectivity index (χ1v) is 9.07. The molecule has 0 radical (unpaired) electrons. The van der Waals surface area contributed by atoms with Crippen molar-refractivity contribution in [2.75, 3.05) is 13.1 Å². The van der Waals surface area contributed by atoms with Gasteiger partial charge in [0.15, 0.2) is 0 Å². The van der Waals surface area contributed by atoms with Crippen LogP contribution in [0.25, 0.3) is 0 Å². The molecule has 15 heavy (non-hydrogen) atoms. The Bertz CT molecular complexity index is 161. The van der Waals surface area contributed by atoms with Gasteiger partial charge >= 0.3 is 0 Å². The van der Waals surface area contributed by atoms with Crippen LogP contribution >= 0.6 is 0 Å². The van der Waals surface area contributed by atoms with Crippen LogP contribution in [0.1, 0.15) is 52.9 Å². The minimum atomic E-state index is -1.37. The van der Waals surface area contributed by atoms with Gasteiger partial charge in [-0.25, -0.2) is 0 Å². The fraction of sp³-hybridized carbons (Fsp3) is 1.00. The monoisotopic (exact) mass is 228 g/mol. The van der Waals surface area contributed by atoms with E-state index in [0.717, 1.165) is 18.6 Å². The SMILES string of the molecule is CCN[Si](CC)(NCC)C1CCCCC1. The molecule has 1 aliphatic carbocycles. The van der Waals surface area contributed by atoms with Crippen LogP contribution in [0.3, 0.4) is 0 Å². The molecule has 0 aromatic carbocycles. The van der Waals surface area contributed by atoms with E-state index >= 15 is 0 Å². The van der Waals surface area contributed by atoms with E-state index in [9.17, 15) is 0 Å². The van der Waals surface area contributed by atoms with E-state index < -0.39 is 8.40 Å². The van der Waals surface area contributed by atoms with Gasteiger partial charge in [0.2, 0.25) is 8.40 Å². The Balaban J connectivity index is 2.66. The molecular formula is C12H28N2Si. The standard InChI is InChI=1S/C12H28N2Si/c1-4-13-15(6-3,14-5-2)12-10-8-7-9-11-12/h12-14H,4-11H2,1-3H3. The maximum atomic E-state index is 3.84. The van der Waals surface area contributed by atoms with Crippen molar-refractivity contribution in [1.82, 2.24) is 9.96 Å². The van der Waals surface area contributed by atoms with Gasteiger partial charge in [-0.3, -0.25) is 0 Å². The van der Waals surface area contributed by atoms with Gasteiger partial charge in [0.1, 0.15) is 0 Å². The van der Waals surface area contributed by atoms with E-state index in [2.05, 4.69) is 30.7 Å². The number of hydrogen-bond acceptors (Lipinski definition) is 2. The van der Waals surface area contributed by atoms with Gasteiger partial charge in [0, 0.05) is 0 Å². The van der Waals surface area contributed by atoms with E-state index in [-0.39, 0.29) is 0 Å². The largest absolute Gasteiger partial charge is 0.325 e. The molecule has 1 aliphatic rings. The first-order chi connectivity index (χ1) is 7.29. The highest BCUT2D eigenvalue weighted by atomic mass is 28.3. The number of rotatable bonds is 6. The third kappa shape index (κ3) is 3.30. The van der Waals surface area contributed by atoms with E-state index in [0.29, 0.717) is 0 Å². The van der Waals surface area contributed by atoms with Crippen LogP contribution in [0.15, 0.2) is 0 Å². The summed E-state index contributed by atoms with van der Waals surface area (Å²) >= 11 is 0. The molecule has 0 spiro atoms. The lowest BCUT2D eigenvalue weighted by Crippen LogP contribution is -2.65. The molecule has 0 bridgehead atoms. The van der Waals surface area contributed by atoms with Crippen molar-refractivity contribution < 1.29 is 0 Å². The second-order valence-electron chi connectivity index (χ2n) is 4.72. The zero-order valence-corrected chi connectivity index (χ0v) is 11.7. The molecule has 0 amide bonds. The van der Waals surface area contributed by atoms with Gasteiger partial charge in [0.05, 0.1) is 0 Å². The van der Waals surface area contributed by atoms with Gasteiger partial charge in [0.25, 0.3) is 0 Å². The number of hydrogen-bond donors (Lipinski definition) is 2. The highest BCUT2D eigenvalue weighted by molar-refractivity contribution is 6.76. The Morgan fingerprint density at radius 3 is 1.87 bits per heavy atom. The van der Waals surface area contributed by atoms with Crippen LogP contribution in [-0.4, -0.2) is 21.5 Å². The Kier molecular flexibility index (Phi) is 5.86. The van der Waals surface area contributed by atoms with Crippen molar-refractivity contribution in [2.24, 2.45) is 0 Å². The quantitative estimate of drug-likeness (QED) is 0.683. The summed E-state index contributed by atoms with van der Waals surface area (Å²) in [6, 6.07) is 1.33. The predicted molar refractivity (Wildman–Crippen MR) is 70.4 cm³/mol. The van der Waals surface area contributed by atoms with Crippen molar-refractivity contribution in [3.05, 3.63) is 0 Å². The van der Waals surface area contributed by atoms with Gasteiger partial charge < -0.3 is 9.96 Å². The van der Waals surface area contributed by atoms with Crippen molar-refractivity contribution in [2.45, 2.75) is 64.5 Å². The lowest BCUT2D eigenvalue weighted by molar-refractivity contribution is 0.477. The van der Waals surface area contributed by atoms with E-state index in [4.69, 9.17) is 0 Å². The molecule has 2 N–H and O–H groups in total. The normalized spacial score (nSPS) is 19.4. The van der Waals surface area contributed by atoms with Crippen LogP contribution in [0, 0.1) is 0 Å². The Morgan fingerprint density at radius 2 is 1.47 bits per heavy atom. The highest BCUT2D eigenvalue weighted by Crippen LogP contribution is 2.36. The molecule has 1 rings (SSSR count). The molecule has 0 unspecified atom stereocenters. The summed E-state index contributed by atoms with van der Waals surface area (Å²) in [5.41, 5.74) is 0.969. The molecule has 0 aromatic rings. The van der Waals surface area contributed by atoms with Gasteiger partial charge in [-0.1, -0.05) is 52.9 Å². The minimum absolute atomic E-state index is 0.969. The van der Waals surface area contributed by atoms with Crippen LogP contribution in [-0.2, 0) is 0 Å². The summed E-state index contributed by atoms with van der Waals surface area (Å²) in [6.07, 6.45) is 7.29. The Hall–Kier alpha value is 0.137. The molecule has 3 heteroatoms. The molecule has 1 saturated carbocycles. The first-order valence-electron chi connectivity index (χ1n) is 6.79. The second kappa shape index (κ2) is 6.66. The molecular weight excluding hydrogens is 200 g/mol. The average Bonchev–Trinajstić information content (AvgIpc) is 2.30. The summed E-state index contributed by atoms with van der Waals surface area (Å²) < 4.78 is 0. The predicted octanol–water partition coefficient (Wildman–Crippen LogP) is 3.00. The zero-order valence-electron chi connectivity index (χ0n) is 10.7. The van der Waals surface area contributed by atoms with E-state index in [1.807, 2.05) is 0 Å². The van der Waals surface area contributed by atoms with Crippen molar-refractivity contribution in [3.8, 4) is 0 Å². The third-order valence-electron chi connectivity index (χ3n) is 3.84. The highest BCUT2D eigenvalue weighted by Gasteiger charge is 2.39. The summed E-state index contributed by atoms with van der Waals surface area (Å²) in [6.45, 7) is 9.12. The molecule has 0 atom stereocenters. The lowest BCUT2D eigenvalue weighted by Gasteiger charge is -2.41. The van der Waals surface area contributed by atoms with Gasteiger partial charge in [-0.15, -0.1) is 0 Å². The Morgan fingerprint density at radius 1 is 0.933 bits per heavy atom. The second-order valence-corrected chi connectivity index (χ2v) is 8.89. The molecule has 0 saturated heterocycles. The molecule has 90 valence electrons. The zero-order chi connectivity index (χ0) is 11.1. The molecule has 0 heterocycles. The van der Waals surface area contributed by atoms with Crippen molar-refractivity contribution >= 4 is 8.40 Å². The van der Waals surface area contributed by atoms with Gasteiger partial charge in [-0.05, 0) is 24.7 Å². The van der Waals surface area contributed by atoms with Crippen LogP contribution < -0.4 is 9.96 Å². The van der Waals surface area contributed by atoms with Crippen LogP contribution in [0.5, 0.6) is 0 Å². The van der Waals surface area contributed by atoms with Crippen LogP contribution in [0.4, 0.5) is 0 Å². The van der Waals surface area contributed by atoms with Gasteiger partial charge in [-0.2, -0.15) is 0 Å². The minimum Gasteiger partial charge on any atom is -0.325 e. The third-order valence-corrected chi connectivity index (χ3v) is 8.90. The first kappa shape index (κ1) is 13.2. The summed E-state index contributed by atoms with van der Waals surface area (Å²) in [4.78, 5) is 7.69. The lowest BCUT2D eigenvalue weighted by atomic mass is 10.0. The summed E-state index contributed by atoms with van der Waals surface area (Å²) in [5.74, 6) is 0. The average molecular weight is 228 g/mol. The fourth-order valence-electron chi connectivity index (χ4n) is 3.12. The molecule has 2 nitrogen and oxygen atoms in total. The van der Waals surface area contributed by atoms with E-state index in [1.165, 1.54) is 38.1 Å². The summed E-state index contributed by atoms with van der Waals surface area (Å²) in [5, 5.41) is 0. The maximum absolute atomic E-state index is 3.84. The molecule has 0 aromatic heterocycles. The van der Waals surface area contributed by atoms with Crippen molar-refractivity contribution in [1.29, 1.82) is 0 Å². The maximum Gasteiger partial charge on any atom is 0.204 e. The molecule has 0 aliphatic heterocycles. The topological polar surface area (TPSA) is 24.1 Å². The van der Waals surface area contributed by atoms with Crippen molar-refractivity contribution in [3.63, 3.8) is 0 Å². The fourth-order valence-corrected chi connectivity index (χ4v) is 7.55. The molecule has 1 fully saturated rings. The Labute approximate surface area is 96.4 Å².